The molecule has 68 valence electrons. The summed E-state index contributed by atoms with van der Waals surface area (Å²) in [6, 6.07) is 6.09. The molecular formula is C9H9NOS2. The Balaban J connectivity index is 2.68. The highest BCUT2D eigenvalue weighted by atomic mass is 32.2. The van der Waals surface area contributed by atoms with Crippen LogP contribution in [0.3, 0.4) is 0 Å². The van der Waals surface area contributed by atoms with Gasteiger partial charge in [0, 0.05) is 6.26 Å². The smallest absolute Gasteiger partial charge is 0.181 e. The van der Waals surface area contributed by atoms with Gasteiger partial charge in [-0.05, 0) is 24.6 Å². The van der Waals surface area contributed by atoms with Crippen molar-refractivity contribution in [2.24, 2.45) is 0 Å². The van der Waals surface area contributed by atoms with Crippen LogP contribution < -0.4 is 0 Å². The minimum absolute atomic E-state index is 0.709. The number of benzene rings is 1. The topological polar surface area (TPSA) is 30.0 Å². The van der Waals surface area contributed by atoms with E-state index < -0.39 is 10.8 Å². The molecule has 0 N–H and O–H groups in total. The van der Waals surface area contributed by atoms with Crippen LogP contribution in [0.2, 0.25) is 0 Å². The number of rotatable bonds is 1. The summed E-state index contributed by atoms with van der Waals surface area (Å²) in [6.45, 7) is 2.03. The fourth-order valence-electron chi connectivity index (χ4n) is 1.14. The van der Waals surface area contributed by atoms with Crippen LogP contribution in [0.4, 0.5) is 0 Å². The predicted octanol–water partition coefficient (Wildman–Crippen LogP) is 2.34. The Hall–Kier alpha value is -0.740. The van der Waals surface area contributed by atoms with Gasteiger partial charge >= 0.3 is 0 Å². The molecule has 0 radical (unpaired) electrons. The van der Waals surface area contributed by atoms with Crippen LogP contribution in [0.15, 0.2) is 22.5 Å². The predicted molar refractivity (Wildman–Crippen MR) is 56.7 cm³/mol. The van der Waals surface area contributed by atoms with E-state index in [1.54, 1.807) is 6.26 Å². The maximum atomic E-state index is 11.2. The Labute approximate surface area is 83.1 Å². The molecule has 1 heterocycles. The van der Waals surface area contributed by atoms with Gasteiger partial charge in [0.2, 0.25) is 0 Å². The zero-order chi connectivity index (χ0) is 9.42. The second kappa shape index (κ2) is 3.20. The molecule has 13 heavy (non-hydrogen) atoms. The van der Waals surface area contributed by atoms with Crippen LogP contribution in [-0.2, 0) is 10.8 Å². The molecule has 0 bridgehead atoms. The Morgan fingerprint density at radius 3 is 2.92 bits per heavy atom. The molecule has 0 saturated carbocycles. The van der Waals surface area contributed by atoms with Crippen molar-refractivity contribution in [3.8, 4) is 0 Å². The Morgan fingerprint density at radius 1 is 1.46 bits per heavy atom. The number of nitrogens with zero attached hydrogens (tertiary/aromatic N) is 1. The minimum Gasteiger partial charge on any atom is -0.252 e. The van der Waals surface area contributed by atoms with Gasteiger partial charge in [-0.2, -0.15) is 0 Å². The zero-order valence-corrected chi connectivity index (χ0v) is 9.04. The number of hydrogen-bond acceptors (Lipinski definition) is 3. The van der Waals surface area contributed by atoms with Crippen LogP contribution in [0.25, 0.3) is 10.2 Å². The molecule has 2 rings (SSSR count). The highest BCUT2D eigenvalue weighted by Crippen LogP contribution is 2.24. The number of aryl methyl sites for hydroxylation is 1. The molecule has 0 aliphatic heterocycles. The van der Waals surface area contributed by atoms with Gasteiger partial charge < -0.3 is 0 Å². The first-order chi connectivity index (χ1) is 6.16. The second-order valence-corrected chi connectivity index (χ2v) is 5.49. The van der Waals surface area contributed by atoms with Gasteiger partial charge in [-0.3, -0.25) is 4.21 Å². The van der Waals surface area contributed by atoms with E-state index in [0.29, 0.717) is 4.34 Å². The van der Waals surface area contributed by atoms with Gasteiger partial charge in [-0.15, -0.1) is 11.3 Å². The quantitative estimate of drug-likeness (QED) is 0.724. The van der Waals surface area contributed by atoms with Crippen molar-refractivity contribution in [3.05, 3.63) is 23.8 Å². The lowest BCUT2D eigenvalue weighted by molar-refractivity contribution is 0.686. The molecule has 0 unspecified atom stereocenters. The molecule has 0 spiro atoms. The summed E-state index contributed by atoms with van der Waals surface area (Å²) in [5.74, 6) is 0. The van der Waals surface area contributed by atoms with Crippen LogP contribution in [-0.4, -0.2) is 15.4 Å². The van der Waals surface area contributed by atoms with Gasteiger partial charge in [-0.25, -0.2) is 4.98 Å². The minimum atomic E-state index is -0.961. The van der Waals surface area contributed by atoms with E-state index in [1.807, 2.05) is 25.1 Å². The third kappa shape index (κ3) is 1.64. The van der Waals surface area contributed by atoms with Crippen LogP contribution in [0, 0.1) is 6.92 Å². The molecule has 1 aromatic heterocycles. The lowest BCUT2D eigenvalue weighted by Gasteiger charge is -1.88. The Bertz CT molecular complexity index is 475. The summed E-state index contributed by atoms with van der Waals surface area (Å²) in [5, 5.41) is 0. The molecule has 1 aromatic carbocycles. The van der Waals surface area contributed by atoms with Gasteiger partial charge in [0.15, 0.2) is 4.34 Å². The van der Waals surface area contributed by atoms with Gasteiger partial charge in [0.05, 0.1) is 21.0 Å². The molecule has 1 atom stereocenters. The summed E-state index contributed by atoms with van der Waals surface area (Å²) >= 11 is 1.50. The maximum Gasteiger partial charge on any atom is 0.181 e. The van der Waals surface area contributed by atoms with Crippen LogP contribution >= 0.6 is 11.3 Å². The van der Waals surface area contributed by atoms with E-state index in [9.17, 15) is 4.21 Å². The van der Waals surface area contributed by atoms with Crippen molar-refractivity contribution in [1.29, 1.82) is 0 Å². The third-order valence-electron chi connectivity index (χ3n) is 1.77. The highest BCUT2D eigenvalue weighted by Gasteiger charge is 2.05. The van der Waals surface area contributed by atoms with Crippen molar-refractivity contribution in [2.45, 2.75) is 11.3 Å². The standard InChI is InChI=1S/C9H9NOS2/c1-6-3-4-8-7(5-6)10-9(12-8)13(2)11/h3-5H,1-2H3/t13-/m0/s1. The second-order valence-electron chi connectivity index (χ2n) is 2.91. The lowest BCUT2D eigenvalue weighted by Crippen LogP contribution is -1.83. The summed E-state index contributed by atoms with van der Waals surface area (Å²) in [5.41, 5.74) is 2.14. The number of fused-ring (bicyclic) bond motifs is 1. The number of thiazole rings is 1. The number of aromatic nitrogens is 1. The molecule has 0 amide bonds. The first kappa shape index (κ1) is 8.84. The Kier molecular flexibility index (Phi) is 2.17. The van der Waals surface area contributed by atoms with Crippen LogP contribution in [0.5, 0.6) is 0 Å². The van der Waals surface area contributed by atoms with Gasteiger partial charge in [0.25, 0.3) is 0 Å². The van der Waals surface area contributed by atoms with Crippen molar-refractivity contribution in [1.82, 2.24) is 4.98 Å². The summed E-state index contributed by atoms with van der Waals surface area (Å²) in [6.07, 6.45) is 1.66. The van der Waals surface area contributed by atoms with E-state index in [1.165, 1.54) is 16.9 Å². The largest absolute Gasteiger partial charge is 0.252 e. The molecule has 0 aliphatic carbocycles. The van der Waals surface area contributed by atoms with E-state index in [-0.39, 0.29) is 0 Å². The molecule has 0 fully saturated rings. The number of hydrogen-bond donors (Lipinski definition) is 0. The summed E-state index contributed by atoms with van der Waals surface area (Å²) in [7, 11) is -0.961. The summed E-state index contributed by atoms with van der Waals surface area (Å²) < 4.78 is 13.0. The highest BCUT2D eigenvalue weighted by molar-refractivity contribution is 7.86. The van der Waals surface area contributed by atoms with E-state index >= 15 is 0 Å². The first-order valence-electron chi connectivity index (χ1n) is 3.87. The summed E-state index contributed by atoms with van der Waals surface area (Å²) in [4.78, 5) is 4.29. The first-order valence-corrected chi connectivity index (χ1v) is 6.25. The lowest BCUT2D eigenvalue weighted by atomic mass is 10.2. The average molecular weight is 211 g/mol. The van der Waals surface area contributed by atoms with Gasteiger partial charge in [-0.1, -0.05) is 6.07 Å². The van der Waals surface area contributed by atoms with Crippen molar-refractivity contribution in [3.63, 3.8) is 0 Å². The van der Waals surface area contributed by atoms with Crippen molar-refractivity contribution < 1.29 is 4.21 Å². The zero-order valence-electron chi connectivity index (χ0n) is 7.40. The average Bonchev–Trinajstić information content (AvgIpc) is 2.46. The normalized spacial score (nSPS) is 13.4. The third-order valence-corrected chi connectivity index (χ3v) is 4.14. The Morgan fingerprint density at radius 2 is 2.23 bits per heavy atom. The fourth-order valence-corrected chi connectivity index (χ4v) is 2.78. The monoisotopic (exact) mass is 211 g/mol. The molecule has 2 nitrogen and oxygen atoms in total. The van der Waals surface area contributed by atoms with E-state index in [2.05, 4.69) is 4.98 Å². The molecule has 0 aliphatic rings. The maximum absolute atomic E-state index is 11.2. The van der Waals surface area contributed by atoms with Crippen LogP contribution in [0.1, 0.15) is 5.56 Å². The molecule has 2 aromatic rings. The van der Waals surface area contributed by atoms with E-state index in [4.69, 9.17) is 0 Å². The molecular weight excluding hydrogens is 202 g/mol. The van der Waals surface area contributed by atoms with Crippen molar-refractivity contribution >= 4 is 32.4 Å². The van der Waals surface area contributed by atoms with E-state index in [0.717, 1.165) is 10.2 Å². The molecule has 0 saturated heterocycles. The van der Waals surface area contributed by atoms with Crippen molar-refractivity contribution in [2.75, 3.05) is 6.26 Å². The molecule has 4 heteroatoms. The van der Waals surface area contributed by atoms with Gasteiger partial charge in [0.1, 0.15) is 0 Å². The SMILES string of the molecule is Cc1ccc2sc([S@](C)=O)nc2c1. The fraction of sp³-hybridized carbons (Fsp3) is 0.222.